The third kappa shape index (κ3) is 2.57. The Morgan fingerprint density at radius 3 is 1.90 bits per heavy atom. The van der Waals surface area contributed by atoms with Crippen molar-refractivity contribution in [3.63, 3.8) is 0 Å². The quantitative estimate of drug-likeness (QED) is 0.561. The molecular weight excluding hydrogens is 324 g/mol. The highest BCUT2D eigenvalue weighted by Gasteiger charge is 2.44. The van der Waals surface area contributed by atoms with Gasteiger partial charge < -0.3 is 0 Å². The smallest absolute Gasteiger partial charge is 0.161 e. The van der Waals surface area contributed by atoms with Crippen molar-refractivity contribution in [1.82, 2.24) is 0 Å². The number of carbonyl (C=O) groups is 1. The molecule has 0 amide bonds. The Balaban J connectivity index is 2.22. The summed E-state index contributed by atoms with van der Waals surface area (Å²) in [5, 5.41) is 0. The second-order valence-electron chi connectivity index (χ2n) is 5.71. The summed E-state index contributed by atoms with van der Waals surface area (Å²) in [6.45, 7) is 0. The topological polar surface area (TPSA) is 17.1 Å². The monoisotopic (exact) mass is 342 g/mol. The van der Waals surface area contributed by atoms with Crippen molar-refractivity contribution in [2.75, 3.05) is 0 Å². The summed E-state index contributed by atoms with van der Waals surface area (Å²) in [6, 6.07) is 20.5. The van der Waals surface area contributed by atoms with Crippen molar-refractivity contribution >= 4 is 21.7 Å². The zero-order valence-electron chi connectivity index (χ0n) is 12.0. The largest absolute Gasteiger partial charge is 0.297 e. The van der Waals surface area contributed by atoms with Gasteiger partial charge in [-0.25, -0.2) is 0 Å². The normalized spacial score (nSPS) is 21.8. The van der Waals surface area contributed by atoms with E-state index in [1.54, 1.807) is 0 Å². The number of hydrogen-bond acceptors (Lipinski definition) is 1. The lowest BCUT2D eigenvalue weighted by atomic mass is 9.68. The summed E-state index contributed by atoms with van der Waals surface area (Å²) < 4.78 is 0. The Morgan fingerprint density at radius 2 is 1.38 bits per heavy atom. The van der Waals surface area contributed by atoms with Crippen molar-refractivity contribution < 1.29 is 4.79 Å². The standard InChI is InChI=1S/C19H19BrO/c20-17-13-7-8-14-19(18(17)21,15-9-3-1-4-10-15)16-11-5-2-6-12-16/h1-6,9-12,17H,7-8,13-14H2/t17-/m1/s1. The summed E-state index contributed by atoms with van der Waals surface area (Å²) >= 11 is 3.62. The lowest BCUT2D eigenvalue weighted by Crippen LogP contribution is -2.40. The van der Waals surface area contributed by atoms with E-state index in [9.17, 15) is 4.79 Å². The molecule has 0 heterocycles. The van der Waals surface area contributed by atoms with Crippen LogP contribution in [-0.4, -0.2) is 10.6 Å². The average Bonchev–Trinajstić information content (AvgIpc) is 2.70. The van der Waals surface area contributed by atoms with Gasteiger partial charge in [0.15, 0.2) is 5.78 Å². The molecule has 0 aliphatic heterocycles. The molecule has 0 spiro atoms. The first kappa shape index (κ1) is 14.5. The lowest BCUT2D eigenvalue weighted by Gasteiger charge is -2.33. The van der Waals surface area contributed by atoms with Gasteiger partial charge in [-0.2, -0.15) is 0 Å². The van der Waals surface area contributed by atoms with Gasteiger partial charge in [0.05, 0.1) is 10.2 Å². The summed E-state index contributed by atoms with van der Waals surface area (Å²) in [4.78, 5) is 13.2. The number of halogens is 1. The highest BCUT2D eigenvalue weighted by atomic mass is 79.9. The number of rotatable bonds is 2. The first-order valence-corrected chi connectivity index (χ1v) is 8.46. The molecule has 0 unspecified atom stereocenters. The van der Waals surface area contributed by atoms with Crippen LogP contribution in [0.2, 0.25) is 0 Å². The molecule has 3 rings (SSSR count). The molecule has 1 aliphatic rings. The van der Waals surface area contributed by atoms with Crippen LogP contribution >= 0.6 is 15.9 Å². The summed E-state index contributed by atoms with van der Waals surface area (Å²) in [7, 11) is 0. The molecule has 1 aliphatic carbocycles. The number of benzene rings is 2. The van der Waals surface area contributed by atoms with Gasteiger partial charge in [-0.3, -0.25) is 4.79 Å². The second kappa shape index (κ2) is 6.15. The summed E-state index contributed by atoms with van der Waals surface area (Å²) in [5.74, 6) is 0.303. The Morgan fingerprint density at radius 1 is 0.857 bits per heavy atom. The maximum atomic E-state index is 13.2. The van der Waals surface area contributed by atoms with Crippen LogP contribution in [0.4, 0.5) is 0 Å². The minimum Gasteiger partial charge on any atom is -0.297 e. The molecule has 0 radical (unpaired) electrons. The highest BCUT2D eigenvalue weighted by Crippen LogP contribution is 2.43. The summed E-state index contributed by atoms with van der Waals surface area (Å²) in [6.07, 6.45) is 4.00. The Hall–Kier alpha value is -1.41. The first-order chi connectivity index (χ1) is 10.2. The van der Waals surface area contributed by atoms with Crippen LogP contribution in [0.15, 0.2) is 60.7 Å². The molecule has 1 atom stereocenters. The van der Waals surface area contributed by atoms with Gasteiger partial charge in [0.1, 0.15) is 0 Å². The fourth-order valence-corrected chi connectivity index (χ4v) is 4.14. The molecule has 2 heteroatoms. The molecule has 0 saturated heterocycles. The van der Waals surface area contributed by atoms with Crippen LogP contribution in [0, 0.1) is 0 Å². The van der Waals surface area contributed by atoms with E-state index >= 15 is 0 Å². The van der Waals surface area contributed by atoms with E-state index in [0.717, 1.165) is 36.8 Å². The van der Waals surface area contributed by atoms with Gasteiger partial charge in [-0.1, -0.05) is 89.4 Å². The van der Waals surface area contributed by atoms with E-state index in [0.29, 0.717) is 5.78 Å². The molecule has 0 N–H and O–H groups in total. The van der Waals surface area contributed by atoms with Crippen LogP contribution in [0.5, 0.6) is 0 Å². The molecule has 0 bridgehead atoms. The highest BCUT2D eigenvalue weighted by molar-refractivity contribution is 9.10. The van der Waals surface area contributed by atoms with Crippen molar-refractivity contribution in [3.05, 3.63) is 71.8 Å². The van der Waals surface area contributed by atoms with Gasteiger partial charge in [-0.15, -0.1) is 0 Å². The number of hydrogen-bond donors (Lipinski definition) is 0. The minimum absolute atomic E-state index is 0.0552. The second-order valence-corrected chi connectivity index (χ2v) is 6.82. The number of alkyl halides is 1. The van der Waals surface area contributed by atoms with Crippen LogP contribution in [-0.2, 0) is 10.2 Å². The number of ketones is 1. The Kier molecular flexibility index (Phi) is 4.25. The van der Waals surface area contributed by atoms with Crippen molar-refractivity contribution in [2.24, 2.45) is 0 Å². The Labute approximate surface area is 134 Å². The SMILES string of the molecule is O=C1[C@H](Br)CCCCC1(c1ccccc1)c1ccccc1. The fourth-order valence-electron chi connectivity index (χ4n) is 3.42. The number of Topliss-reactive ketones (excluding diaryl/α,β-unsaturated/α-hetero) is 1. The predicted octanol–water partition coefficient (Wildman–Crippen LogP) is 4.88. The van der Waals surface area contributed by atoms with Gasteiger partial charge in [0, 0.05) is 0 Å². The van der Waals surface area contributed by atoms with Gasteiger partial charge in [-0.05, 0) is 24.0 Å². The third-order valence-electron chi connectivity index (χ3n) is 4.50. The van der Waals surface area contributed by atoms with Crippen molar-refractivity contribution in [3.8, 4) is 0 Å². The van der Waals surface area contributed by atoms with Crippen LogP contribution in [0.3, 0.4) is 0 Å². The zero-order valence-corrected chi connectivity index (χ0v) is 13.6. The van der Waals surface area contributed by atoms with Crippen LogP contribution in [0.25, 0.3) is 0 Å². The van der Waals surface area contributed by atoms with E-state index in [-0.39, 0.29) is 4.83 Å². The summed E-state index contributed by atoms with van der Waals surface area (Å²) in [5.41, 5.74) is 1.73. The molecule has 21 heavy (non-hydrogen) atoms. The third-order valence-corrected chi connectivity index (χ3v) is 5.37. The van der Waals surface area contributed by atoms with Crippen LogP contribution < -0.4 is 0 Å². The molecule has 2 aromatic rings. The molecule has 1 nitrogen and oxygen atoms in total. The fraction of sp³-hybridized carbons (Fsp3) is 0.316. The molecule has 0 aromatic heterocycles. The lowest BCUT2D eigenvalue weighted by molar-refractivity contribution is -0.122. The Bertz CT molecular complexity index is 566. The van der Waals surface area contributed by atoms with Gasteiger partial charge in [0.25, 0.3) is 0 Å². The zero-order chi connectivity index (χ0) is 14.7. The molecule has 108 valence electrons. The van der Waals surface area contributed by atoms with E-state index < -0.39 is 5.41 Å². The average molecular weight is 343 g/mol. The van der Waals surface area contributed by atoms with E-state index in [4.69, 9.17) is 0 Å². The van der Waals surface area contributed by atoms with E-state index in [1.807, 2.05) is 36.4 Å². The van der Waals surface area contributed by atoms with E-state index in [1.165, 1.54) is 0 Å². The molecule has 2 aromatic carbocycles. The number of carbonyl (C=O) groups excluding carboxylic acids is 1. The van der Waals surface area contributed by atoms with Crippen molar-refractivity contribution in [2.45, 2.75) is 35.9 Å². The van der Waals surface area contributed by atoms with E-state index in [2.05, 4.69) is 40.2 Å². The minimum atomic E-state index is -0.507. The van der Waals surface area contributed by atoms with Crippen LogP contribution in [0.1, 0.15) is 36.8 Å². The molecular formula is C19H19BrO. The maximum Gasteiger partial charge on any atom is 0.161 e. The maximum absolute atomic E-state index is 13.2. The van der Waals surface area contributed by atoms with Gasteiger partial charge in [0.2, 0.25) is 0 Å². The first-order valence-electron chi connectivity index (χ1n) is 7.54. The predicted molar refractivity (Wildman–Crippen MR) is 89.9 cm³/mol. The molecule has 1 saturated carbocycles. The molecule has 1 fully saturated rings. The van der Waals surface area contributed by atoms with Crippen molar-refractivity contribution in [1.29, 1.82) is 0 Å². The van der Waals surface area contributed by atoms with Gasteiger partial charge >= 0.3 is 0 Å².